The van der Waals surface area contributed by atoms with E-state index in [1.54, 1.807) is 36.4 Å². The number of carbonyl (C=O) groups is 1. The molecule has 5 nitrogen and oxygen atoms in total. The van der Waals surface area contributed by atoms with Gasteiger partial charge in [0.2, 0.25) is 0 Å². The van der Waals surface area contributed by atoms with Crippen LogP contribution in [0, 0.1) is 5.92 Å². The van der Waals surface area contributed by atoms with Crippen molar-refractivity contribution < 1.29 is 24.5 Å². The molecule has 0 amide bonds. The predicted molar refractivity (Wildman–Crippen MR) is 104 cm³/mol. The Balaban J connectivity index is 1.77. The first-order valence-corrected chi connectivity index (χ1v) is 9.34. The van der Waals surface area contributed by atoms with Crippen LogP contribution in [0.5, 0.6) is 11.5 Å². The van der Waals surface area contributed by atoms with Crippen LogP contribution in [-0.4, -0.2) is 41.9 Å². The van der Waals surface area contributed by atoms with Crippen molar-refractivity contribution in [3.8, 4) is 11.5 Å². The summed E-state index contributed by atoms with van der Waals surface area (Å²) >= 11 is 0. The molecule has 2 aromatic rings. The number of aliphatic hydroxyl groups is 1. The highest BCUT2D eigenvalue weighted by molar-refractivity contribution is 6.10. The number of benzene rings is 2. The molecule has 0 radical (unpaired) electrons. The fourth-order valence-electron chi connectivity index (χ4n) is 2.53. The lowest BCUT2D eigenvalue weighted by atomic mass is 10.0. The summed E-state index contributed by atoms with van der Waals surface area (Å²) in [5.41, 5.74) is 0.772. The van der Waals surface area contributed by atoms with Crippen LogP contribution in [0.1, 0.15) is 42.6 Å². The Hall–Kier alpha value is -2.37. The largest absolute Gasteiger partial charge is 0.507 e. The number of hydrogen-bond donors (Lipinski definition) is 2. The van der Waals surface area contributed by atoms with Gasteiger partial charge in [0.15, 0.2) is 5.78 Å². The summed E-state index contributed by atoms with van der Waals surface area (Å²) in [6.07, 6.45) is 1.14. The van der Waals surface area contributed by atoms with Gasteiger partial charge in [-0.05, 0) is 18.1 Å². The highest BCUT2D eigenvalue weighted by Gasteiger charge is 2.14. The van der Waals surface area contributed by atoms with E-state index >= 15 is 0 Å². The highest BCUT2D eigenvalue weighted by atomic mass is 16.5. The molecule has 2 rings (SSSR count). The predicted octanol–water partition coefficient (Wildman–Crippen LogP) is 3.82. The highest BCUT2D eigenvalue weighted by Crippen LogP contribution is 2.26. The van der Waals surface area contributed by atoms with Crippen LogP contribution in [0.4, 0.5) is 0 Å². The van der Waals surface area contributed by atoms with Crippen molar-refractivity contribution in [1.29, 1.82) is 0 Å². The first kappa shape index (κ1) is 20.9. The minimum Gasteiger partial charge on any atom is -0.507 e. The molecule has 0 fully saturated rings. The van der Waals surface area contributed by atoms with Gasteiger partial charge in [0.05, 0.1) is 24.9 Å². The first-order chi connectivity index (χ1) is 13.0. The zero-order valence-corrected chi connectivity index (χ0v) is 15.9. The van der Waals surface area contributed by atoms with E-state index in [-0.39, 0.29) is 23.0 Å². The third-order valence-electron chi connectivity index (χ3n) is 4.54. The fraction of sp³-hybridized carbons (Fsp3) is 0.409. The Kier molecular flexibility index (Phi) is 8.30. The van der Waals surface area contributed by atoms with E-state index in [1.165, 1.54) is 6.07 Å². The smallest absolute Gasteiger partial charge is 0.196 e. The van der Waals surface area contributed by atoms with E-state index in [1.807, 2.05) is 19.9 Å². The minimum atomic E-state index is -0.442. The summed E-state index contributed by atoms with van der Waals surface area (Å²) in [6, 6.07) is 13.5. The number of carbonyl (C=O) groups excluding carboxylic acids is 1. The van der Waals surface area contributed by atoms with Crippen LogP contribution in [0.2, 0.25) is 0 Å². The van der Waals surface area contributed by atoms with Crippen LogP contribution in [0.25, 0.3) is 0 Å². The maximum atomic E-state index is 12.4. The van der Waals surface area contributed by atoms with E-state index in [0.717, 1.165) is 6.42 Å². The van der Waals surface area contributed by atoms with Gasteiger partial charge < -0.3 is 19.7 Å². The molecule has 0 saturated carbocycles. The second-order valence-electron chi connectivity index (χ2n) is 6.60. The van der Waals surface area contributed by atoms with Crippen molar-refractivity contribution in [2.45, 2.75) is 32.8 Å². The van der Waals surface area contributed by atoms with Crippen molar-refractivity contribution in [3.05, 3.63) is 59.7 Å². The van der Waals surface area contributed by atoms with Crippen LogP contribution < -0.4 is 4.74 Å². The van der Waals surface area contributed by atoms with Gasteiger partial charge in [0, 0.05) is 24.7 Å². The maximum Gasteiger partial charge on any atom is 0.196 e. The minimum absolute atomic E-state index is 0.103. The van der Waals surface area contributed by atoms with E-state index in [2.05, 4.69) is 0 Å². The molecule has 0 aliphatic rings. The summed E-state index contributed by atoms with van der Waals surface area (Å²) in [7, 11) is 0. The molecule has 146 valence electrons. The quantitative estimate of drug-likeness (QED) is 0.463. The van der Waals surface area contributed by atoms with E-state index in [4.69, 9.17) is 9.47 Å². The Morgan fingerprint density at radius 3 is 2.52 bits per heavy atom. The number of aromatic hydroxyl groups is 1. The van der Waals surface area contributed by atoms with Crippen LogP contribution in [-0.2, 0) is 4.74 Å². The van der Waals surface area contributed by atoms with Crippen LogP contribution in [0.15, 0.2) is 48.5 Å². The number of ether oxygens (including phenoxy) is 2. The average molecular weight is 372 g/mol. The molecule has 5 heteroatoms. The zero-order valence-electron chi connectivity index (χ0n) is 15.9. The lowest BCUT2D eigenvalue weighted by Gasteiger charge is -2.17. The average Bonchev–Trinajstić information content (AvgIpc) is 2.70. The zero-order chi connectivity index (χ0) is 19.6. The Bertz CT molecular complexity index is 714. The lowest BCUT2D eigenvalue weighted by Crippen LogP contribution is -2.23. The summed E-state index contributed by atoms with van der Waals surface area (Å²) in [5, 5.41) is 20.0. The molecule has 0 saturated heterocycles. The van der Waals surface area contributed by atoms with Gasteiger partial charge >= 0.3 is 0 Å². The summed E-state index contributed by atoms with van der Waals surface area (Å²) < 4.78 is 11.0. The molecule has 0 aliphatic heterocycles. The first-order valence-electron chi connectivity index (χ1n) is 9.34. The number of aliphatic hydroxyl groups excluding tert-OH is 1. The standard InChI is InChI=1S/C22H28O5/c1-3-16(2)21(24)15-26-12-7-13-27-18-10-11-19(20(23)14-18)22(25)17-8-5-4-6-9-17/h4-6,8-11,14,16,21,23-24H,3,7,12-13,15H2,1-2H3. The SMILES string of the molecule is CCC(C)C(O)COCCCOc1ccc(C(=O)c2ccccc2)c(O)c1. The molecule has 2 aromatic carbocycles. The van der Waals surface area contributed by atoms with E-state index in [9.17, 15) is 15.0 Å². The molecular formula is C22H28O5. The fourth-order valence-corrected chi connectivity index (χ4v) is 2.53. The molecule has 2 unspecified atom stereocenters. The molecule has 0 aromatic heterocycles. The van der Waals surface area contributed by atoms with Gasteiger partial charge in [-0.3, -0.25) is 4.79 Å². The van der Waals surface area contributed by atoms with Crippen molar-refractivity contribution in [2.24, 2.45) is 5.92 Å². The van der Waals surface area contributed by atoms with Gasteiger partial charge in [-0.1, -0.05) is 50.6 Å². The van der Waals surface area contributed by atoms with Crippen molar-refractivity contribution >= 4 is 5.78 Å². The molecule has 0 aliphatic carbocycles. The van der Waals surface area contributed by atoms with Crippen LogP contribution in [0.3, 0.4) is 0 Å². The number of hydrogen-bond acceptors (Lipinski definition) is 5. The number of rotatable bonds is 11. The second kappa shape index (κ2) is 10.7. The van der Waals surface area contributed by atoms with Gasteiger partial charge in [0.25, 0.3) is 0 Å². The molecule has 0 spiro atoms. The second-order valence-corrected chi connectivity index (χ2v) is 6.60. The molecule has 27 heavy (non-hydrogen) atoms. The molecule has 2 N–H and O–H groups in total. The molecule has 0 heterocycles. The monoisotopic (exact) mass is 372 g/mol. The summed E-state index contributed by atoms with van der Waals surface area (Å²) in [4.78, 5) is 12.4. The normalized spacial score (nSPS) is 13.1. The van der Waals surface area contributed by atoms with Gasteiger partial charge in [-0.2, -0.15) is 0 Å². The number of ketones is 1. The third kappa shape index (κ3) is 6.38. The Morgan fingerprint density at radius 1 is 1.11 bits per heavy atom. The number of phenols is 1. The topological polar surface area (TPSA) is 76.0 Å². The van der Waals surface area contributed by atoms with Crippen molar-refractivity contribution in [2.75, 3.05) is 19.8 Å². The number of phenolic OH excluding ortho intramolecular Hbond substituents is 1. The van der Waals surface area contributed by atoms with E-state index in [0.29, 0.717) is 37.6 Å². The molecule has 0 bridgehead atoms. The van der Waals surface area contributed by atoms with Gasteiger partial charge in [-0.25, -0.2) is 0 Å². The van der Waals surface area contributed by atoms with Gasteiger partial charge in [-0.15, -0.1) is 0 Å². The maximum absolute atomic E-state index is 12.4. The third-order valence-corrected chi connectivity index (χ3v) is 4.54. The van der Waals surface area contributed by atoms with Crippen LogP contribution >= 0.6 is 0 Å². The van der Waals surface area contributed by atoms with Crippen molar-refractivity contribution in [1.82, 2.24) is 0 Å². The lowest BCUT2D eigenvalue weighted by molar-refractivity contribution is 0.00512. The summed E-state index contributed by atoms with van der Waals surface area (Å²) in [6.45, 7) is 5.27. The molecular weight excluding hydrogens is 344 g/mol. The Labute approximate surface area is 160 Å². The van der Waals surface area contributed by atoms with Crippen molar-refractivity contribution in [3.63, 3.8) is 0 Å². The summed E-state index contributed by atoms with van der Waals surface area (Å²) in [5.74, 6) is 0.389. The van der Waals surface area contributed by atoms with E-state index < -0.39 is 6.10 Å². The molecule has 2 atom stereocenters. The van der Waals surface area contributed by atoms with Gasteiger partial charge in [0.1, 0.15) is 11.5 Å². The Morgan fingerprint density at radius 2 is 1.85 bits per heavy atom.